The molecular formula is C15H16BrNO2S. The summed E-state index contributed by atoms with van der Waals surface area (Å²) in [7, 11) is -1.89. The van der Waals surface area contributed by atoms with Crippen LogP contribution in [0.1, 0.15) is 11.1 Å². The van der Waals surface area contributed by atoms with Crippen LogP contribution in [0.15, 0.2) is 57.9 Å². The van der Waals surface area contributed by atoms with Gasteiger partial charge in [-0.15, -0.1) is 0 Å². The van der Waals surface area contributed by atoms with Crippen LogP contribution in [0.5, 0.6) is 0 Å². The highest BCUT2D eigenvalue weighted by Crippen LogP contribution is 2.24. The minimum Gasteiger partial charge on any atom is -0.207 e. The Bertz CT molecular complexity index is 699. The summed E-state index contributed by atoms with van der Waals surface area (Å²) in [4.78, 5) is 0.338. The van der Waals surface area contributed by atoms with E-state index in [-0.39, 0.29) is 0 Å². The summed E-state index contributed by atoms with van der Waals surface area (Å²) in [6.45, 7) is 2.16. The fourth-order valence-electron chi connectivity index (χ4n) is 1.95. The van der Waals surface area contributed by atoms with E-state index in [9.17, 15) is 8.42 Å². The zero-order chi connectivity index (χ0) is 14.8. The number of hydrogen-bond acceptors (Lipinski definition) is 2. The highest BCUT2D eigenvalue weighted by molar-refractivity contribution is 9.10. The van der Waals surface area contributed by atoms with Gasteiger partial charge in [0, 0.05) is 18.1 Å². The Labute approximate surface area is 128 Å². The Hall–Kier alpha value is -1.17. The third-order valence-corrected chi connectivity index (χ3v) is 5.53. The molecule has 0 fully saturated rings. The van der Waals surface area contributed by atoms with Crippen molar-refractivity contribution in [1.29, 1.82) is 0 Å². The minimum atomic E-state index is -3.49. The summed E-state index contributed by atoms with van der Waals surface area (Å²) in [6, 6.07) is 14.8. The Morgan fingerprint density at radius 1 is 1.10 bits per heavy atom. The molecule has 0 radical (unpaired) electrons. The van der Waals surface area contributed by atoms with E-state index in [0.717, 1.165) is 15.6 Å². The smallest absolute Gasteiger partial charge is 0.207 e. The van der Waals surface area contributed by atoms with E-state index in [1.54, 1.807) is 26.1 Å². The van der Waals surface area contributed by atoms with Crippen LogP contribution in [0.4, 0.5) is 0 Å². The first-order valence-electron chi connectivity index (χ1n) is 6.17. The van der Waals surface area contributed by atoms with Crippen LogP contribution in [0, 0.1) is 6.92 Å². The lowest BCUT2D eigenvalue weighted by Gasteiger charge is -2.18. The SMILES string of the molecule is Cc1ccc(Br)cc1S(=O)(=O)N(C)Cc1ccccc1. The van der Waals surface area contributed by atoms with Crippen molar-refractivity contribution in [3.05, 3.63) is 64.1 Å². The summed E-state index contributed by atoms with van der Waals surface area (Å²) in [6.07, 6.45) is 0. The summed E-state index contributed by atoms with van der Waals surface area (Å²) in [5.74, 6) is 0. The van der Waals surface area contributed by atoms with E-state index in [1.165, 1.54) is 4.31 Å². The molecule has 106 valence electrons. The Morgan fingerprint density at radius 3 is 2.40 bits per heavy atom. The predicted molar refractivity (Wildman–Crippen MR) is 84.0 cm³/mol. The topological polar surface area (TPSA) is 37.4 Å². The van der Waals surface area contributed by atoms with Gasteiger partial charge in [-0.1, -0.05) is 52.3 Å². The second-order valence-electron chi connectivity index (χ2n) is 4.66. The molecule has 5 heteroatoms. The molecule has 2 aromatic carbocycles. The fourth-order valence-corrected chi connectivity index (χ4v) is 3.86. The van der Waals surface area contributed by atoms with Crippen LogP contribution in [-0.2, 0) is 16.6 Å². The largest absolute Gasteiger partial charge is 0.243 e. The highest BCUT2D eigenvalue weighted by atomic mass is 79.9. The lowest BCUT2D eigenvalue weighted by Crippen LogP contribution is -2.27. The van der Waals surface area contributed by atoms with Crippen molar-refractivity contribution in [2.45, 2.75) is 18.4 Å². The minimum absolute atomic E-state index is 0.338. The molecule has 0 heterocycles. The molecule has 0 aliphatic carbocycles. The second-order valence-corrected chi connectivity index (χ2v) is 7.59. The zero-order valence-electron chi connectivity index (χ0n) is 11.4. The number of nitrogens with zero attached hydrogens (tertiary/aromatic N) is 1. The van der Waals surface area contributed by atoms with Crippen molar-refractivity contribution in [1.82, 2.24) is 4.31 Å². The van der Waals surface area contributed by atoms with Gasteiger partial charge in [-0.3, -0.25) is 0 Å². The van der Waals surface area contributed by atoms with E-state index < -0.39 is 10.0 Å². The monoisotopic (exact) mass is 353 g/mol. The number of hydrogen-bond donors (Lipinski definition) is 0. The van der Waals surface area contributed by atoms with E-state index in [1.807, 2.05) is 36.4 Å². The second kappa shape index (κ2) is 6.08. The van der Waals surface area contributed by atoms with Gasteiger partial charge in [-0.25, -0.2) is 8.42 Å². The van der Waals surface area contributed by atoms with Crippen LogP contribution in [-0.4, -0.2) is 19.8 Å². The van der Waals surface area contributed by atoms with Crippen LogP contribution in [0.25, 0.3) is 0 Å². The molecule has 0 aromatic heterocycles. The first-order valence-corrected chi connectivity index (χ1v) is 8.41. The molecule has 0 N–H and O–H groups in total. The molecule has 0 spiro atoms. The van der Waals surface area contributed by atoms with Gasteiger partial charge >= 0.3 is 0 Å². The van der Waals surface area contributed by atoms with Gasteiger partial charge in [0.1, 0.15) is 0 Å². The van der Waals surface area contributed by atoms with Crippen LogP contribution >= 0.6 is 15.9 Å². The van der Waals surface area contributed by atoms with E-state index >= 15 is 0 Å². The molecule has 0 unspecified atom stereocenters. The number of rotatable bonds is 4. The number of aryl methyl sites for hydroxylation is 1. The van der Waals surface area contributed by atoms with E-state index in [0.29, 0.717) is 11.4 Å². The molecule has 0 aliphatic rings. The van der Waals surface area contributed by atoms with Crippen molar-refractivity contribution >= 4 is 26.0 Å². The lowest BCUT2D eigenvalue weighted by molar-refractivity contribution is 0.466. The predicted octanol–water partition coefficient (Wildman–Crippen LogP) is 3.58. The van der Waals surface area contributed by atoms with Crippen LogP contribution in [0.3, 0.4) is 0 Å². The van der Waals surface area contributed by atoms with Crippen LogP contribution in [0.2, 0.25) is 0 Å². The Kier molecular flexibility index (Phi) is 4.62. The van der Waals surface area contributed by atoms with E-state index in [4.69, 9.17) is 0 Å². The first kappa shape index (κ1) is 15.2. The van der Waals surface area contributed by atoms with Gasteiger partial charge in [0.05, 0.1) is 4.90 Å². The molecule has 0 saturated heterocycles. The molecule has 0 aliphatic heterocycles. The molecule has 0 atom stereocenters. The number of halogens is 1. The van der Waals surface area contributed by atoms with Crippen molar-refractivity contribution in [2.24, 2.45) is 0 Å². The number of benzene rings is 2. The third kappa shape index (κ3) is 3.29. The molecule has 0 bridgehead atoms. The molecule has 2 rings (SSSR count). The fraction of sp³-hybridized carbons (Fsp3) is 0.200. The summed E-state index contributed by atoms with van der Waals surface area (Å²) >= 11 is 3.32. The highest BCUT2D eigenvalue weighted by Gasteiger charge is 2.23. The maximum absolute atomic E-state index is 12.6. The average molecular weight is 354 g/mol. The van der Waals surface area contributed by atoms with Crippen molar-refractivity contribution in [3.8, 4) is 0 Å². The van der Waals surface area contributed by atoms with Crippen molar-refractivity contribution in [3.63, 3.8) is 0 Å². The first-order chi connectivity index (χ1) is 9.41. The zero-order valence-corrected chi connectivity index (χ0v) is 13.8. The third-order valence-electron chi connectivity index (χ3n) is 3.09. The van der Waals surface area contributed by atoms with Gasteiger partial charge in [0.2, 0.25) is 10.0 Å². The van der Waals surface area contributed by atoms with Gasteiger partial charge < -0.3 is 0 Å². The standard InChI is InChI=1S/C15H16BrNO2S/c1-12-8-9-14(16)10-15(12)20(18,19)17(2)11-13-6-4-3-5-7-13/h3-10H,11H2,1-2H3. The quantitative estimate of drug-likeness (QED) is 0.842. The van der Waals surface area contributed by atoms with E-state index in [2.05, 4.69) is 15.9 Å². The summed E-state index contributed by atoms with van der Waals surface area (Å²) in [5.41, 5.74) is 1.71. The van der Waals surface area contributed by atoms with Gasteiger partial charge in [0.15, 0.2) is 0 Å². The molecule has 0 amide bonds. The normalized spacial score (nSPS) is 11.8. The molecule has 2 aromatic rings. The van der Waals surface area contributed by atoms with Gasteiger partial charge in [0.25, 0.3) is 0 Å². The molecule has 20 heavy (non-hydrogen) atoms. The van der Waals surface area contributed by atoms with Gasteiger partial charge in [-0.2, -0.15) is 4.31 Å². The van der Waals surface area contributed by atoms with Crippen molar-refractivity contribution in [2.75, 3.05) is 7.05 Å². The Balaban J connectivity index is 2.32. The Morgan fingerprint density at radius 2 is 1.75 bits per heavy atom. The molecule has 0 saturated carbocycles. The lowest BCUT2D eigenvalue weighted by atomic mass is 10.2. The van der Waals surface area contributed by atoms with Crippen molar-refractivity contribution < 1.29 is 8.42 Å². The average Bonchev–Trinajstić information content (AvgIpc) is 2.42. The summed E-state index contributed by atoms with van der Waals surface area (Å²) < 4.78 is 27.4. The summed E-state index contributed by atoms with van der Waals surface area (Å²) in [5, 5.41) is 0. The van der Waals surface area contributed by atoms with Gasteiger partial charge in [-0.05, 0) is 30.2 Å². The maximum atomic E-state index is 12.6. The maximum Gasteiger partial charge on any atom is 0.243 e. The molecule has 3 nitrogen and oxygen atoms in total. The molecular weight excluding hydrogens is 338 g/mol. The number of sulfonamides is 1. The van der Waals surface area contributed by atoms with Crippen LogP contribution < -0.4 is 0 Å².